The van der Waals surface area contributed by atoms with Crippen molar-refractivity contribution in [3.05, 3.63) is 0 Å². The van der Waals surface area contributed by atoms with Crippen molar-refractivity contribution in [2.24, 2.45) is 0 Å². The highest BCUT2D eigenvalue weighted by atomic mass is 16.5. The van der Waals surface area contributed by atoms with E-state index in [9.17, 15) is 9.59 Å². The van der Waals surface area contributed by atoms with E-state index in [2.05, 4.69) is 5.32 Å². The molecule has 0 aliphatic carbocycles. The number of ether oxygens (including phenoxy) is 1. The third-order valence-corrected chi connectivity index (χ3v) is 2.85. The lowest BCUT2D eigenvalue weighted by Gasteiger charge is -2.31. The Kier molecular flexibility index (Phi) is 3.06. The Hall–Kier alpha value is -1.61. The molecule has 0 aromatic carbocycles. The third-order valence-electron chi connectivity index (χ3n) is 2.85. The summed E-state index contributed by atoms with van der Waals surface area (Å²) in [4.78, 5) is 24.5. The summed E-state index contributed by atoms with van der Waals surface area (Å²) < 4.78 is 5.56. The predicted octanol–water partition coefficient (Wildman–Crippen LogP) is -0.984. The first-order valence-corrected chi connectivity index (χ1v) is 5.30. The van der Waals surface area contributed by atoms with Crippen LogP contribution in [0, 0.1) is 11.3 Å². The molecule has 2 bridgehead atoms. The summed E-state index contributed by atoms with van der Waals surface area (Å²) in [6.07, 6.45) is 2.06. The van der Waals surface area contributed by atoms with Gasteiger partial charge in [-0.25, -0.2) is 0 Å². The Morgan fingerprint density at radius 1 is 1.38 bits per heavy atom. The number of hydrogen-bond acceptors (Lipinski definition) is 4. The Balaban J connectivity index is 1.90. The van der Waals surface area contributed by atoms with E-state index in [1.807, 2.05) is 0 Å². The lowest BCUT2D eigenvalue weighted by atomic mass is 10.2. The highest BCUT2D eigenvalue weighted by Gasteiger charge is 2.37. The van der Waals surface area contributed by atoms with E-state index < -0.39 is 11.8 Å². The molecule has 2 atom stereocenters. The average Bonchev–Trinajstić information content (AvgIpc) is 2.64. The largest absolute Gasteiger partial charge is 0.371 e. The fraction of sp³-hybridized carbons (Fsp3) is 0.700. The van der Waals surface area contributed by atoms with Crippen molar-refractivity contribution >= 4 is 11.8 Å². The first-order chi connectivity index (χ1) is 7.70. The van der Waals surface area contributed by atoms with Crippen LogP contribution in [0.4, 0.5) is 0 Å². The van der Waals surface area contributed by atoms with E-state index in [1.165, 1.54) is 4.90 Å². The number of nitriles is 1. The molecular formula is C10H13N3O3. The van der Waals surface area contributed by atoms with E-state index in [0.717, 1.165) is 12.8 Å². The molecule has 86 valence electrons. The maximum absolute atomic E-state index is 11.7. The zero-order chi connectivity index (χ0) is 11.5. The van der Waals surface area contributed by atoms with Crippen LogP contribution in [0.5, 0.6) is 0 Å². The van der Waals surface area contributed by atoms with Gasteiger partial charge in [0.25, 0.3) is 0 Å². The van der Waals surface area contributed by atoms with Gasteiger partial charge in [0.1, 0.15) is 6.54 Å². The number of amides is 2. The number of hydrogen-bond donors (Lipinski definition) is 1. The maximum atomic E-state index is 11.7. The van der Waals surface area contributed by atoms with Crippen LogP contribution in [0.3, 0.4) is 0 Å². The summed E-state index contributed by atoms with van der Waals surface area (Å²) >= 11 is 0. The number of carbonyl (C=O) groups excluding carboxylic acids is 2. The minimum atomic E-state index is -0.706. The molecule has 2 saturated heterocycles. The number of nitrogens with zero attached hydrogens (tertiary/aromatic N) is 2. The van der Waals surface area contributed by atoms with Gasteiger partial charge in [-0.3, -0.25) is 9.59 Å². The van der Waals surface area contributed by atoms with Crippen molar-refractivity contribution in [2.75, 3.05) is 19.6 Å². The fourth-order valence-electron chi connectivity index (χ4n) is 2.12. The smallest absolute Gasteiger partial charge is 0.312 e. The molecule has 2 amide bonds. The number of nitrogens with one attached hydrogen (secondary N) is 1. The first-order valence-electron chi connectivity index (χ1n) is 5.30. The van der Waals surface area contributed by atoms with Crippen molar-refractivity contribution in [2.45, 2.75) is 25.0 Å². The summed E-state index contributed by atoms with van der Waals surface area (Å²) in [5, 5.41) is 10.5. The first kappa shape index (κ1) is 10.9. The van der Waals surface area contributed by atoms with Crippen molar-refractivity contribution in [3.63, 3.8) is 0 Å². The van der Waals surface area contributed by atoms with Crippen LogP contribution in [0.15, 0.2) is 0 Å². The third kappa shape index (κ3) is 2.14. The van der Waals surface area contributed by atoms with Crippen molar-refractivity contribution < 1.29 is 14.3 Å². The molecule has 0 saturated carbocycles. The van der Waals surface area contributed by atoms with Crippen LogP contribution in [-0.4, -0.2) is 48.6 Å². The normalized spacial score (nSPS) is 27.3. The minimum Gasteiger partial charge on any atom is -0.371 e. The van der Waals surface area contributed by atoms with Gasteiger partial charge < -0.3 is 15.0 Å². The molecule has 2 rings (SSSR count). The van der Waals surface area contributed by atoms with Gasteiger partial charge in [0.2, 0.25) is 0 Å². The summed E-state index contributed by atoms with van der Waals surface area (Å²) in [7, 11) is 0. The Morgan fingerprint density at radius 2 is 2.00 bits per heavy atom. The lowest BCUT2D eigenvalue weighted by molar-refractivity contribution is -0.151. The summed E-state index contributed by atoms with van der Waals surface area (Å²) in [5.41, 5.74) is 0. The molecule has 2 unspecified atom stereocenters. The molecule has 2 heterocycles. The molecule has 1 N–H and O–H groups in total. The highest BCUT2D eigenvalue weighted by molar-refractivity contribution is 6.35. The average molecular weight is 223 g/mol. The SMILES string of the molecule is N#CCNC(=O)C(=O)N1CC2CCC(C1)O2. The lowest BCUT2D eigenvalue weighted by Crippen LogP contribution is -2.51. The summed E-state index contributed by atoms with van der Waals surface area (Å²) in [6.45, 7) is 0.826. The molecule has 6 heteroatoms. The van der Waals surface area contributed by atoms with Crippen LogP contribution in [0.2, 0.25) is 0 Å². The molecule has 6 nitrogen and oxygen atoms in total. The summed E-state index contributed by atoms with van der Waals surface area (Å²) in [5.74, 6) is -1.27. The van der Waals surface area contributed by atoms with Gasteiger partial charge in [-0.05, 0) is 12.8 Å². The van der Waals surface area contributed by atoms with Crippen molar-refractivity contribution in [1.82, 2.24) is 10.2 Å². The minimum absolute atomic E-state index is 0.0754. The number of carbonyl (C=O) groups is 2. The second kappa shape index (κ2) is 4.49. The van der Waals surface area contributed by atoms with Gasteiger partial charge in [0.15, 0.2) is 0 Å². The highest BCUT2D eigenvalue weighted by Crippen LogP contribution is 2.26. The van der Waals surface area contributed by atoms with Gasteiger partial charge in [-0.15, -0.1) is 0 Å². The van der Waals surface area contributed by atoms with E-state index in [-0.39, 0.29) is 18.8 Å². The molecule has 2 aliphatic rings. The van der Waals surface area contributed by atoms with Crippen LogP contribution in [0.25, 0.3) is 0 Å². The summed E-state index contributed by atoms with van der Waals surface area (Å²) in [6, 6.07) is 1.76. The number of fused-ring (bicyclic) bond motifs is 2. The van der Waals surface area contributed by atoms with Gasteiger partial charge >= 0.3 is 11.8 Å². The second-order valence-corrected chi connectivity index (χ2v) is 4.01. The van der Waals surface area contributed by atoms with E-state index in [4.69, 9.17) is 10.00 Å². The number of morpholine rings is 1. The zero-order valence-electron chi connectivity index (χ0n) is 8.81. The second-order valence-electron chi connectivity index (χ2n) is 4.01. The molecule has 0 aromatic heterocycles. The molecule has 16 heavy (non-hydrogen) atoms. The van der Waals surface area contributed by atoms with Crippen LogP contribution in [0.1, 0.15) is 12.8 Å². The van der Waals surface area contributed by atoms with E-state index in [0.29, 0.717) is 13.1 Å². The van der Waals surface area contributed by atoms with E-state index in [1.54, 1.807) is 6.07 Å². The molecule has 2 fully saturated rings. The van der Waals surface area contributed by atoms with Crippen molar-refractivity contribution in [1.29, 1.82) is 5.26 Å². The standard InChI is InChI=1S/C10H13N3O3/c11-3-4-12-9(14)10(15)13-5-7-1-2-8(6-13)16-7/h7-8H,1-2,4-6H2,(H,12,14). The fourth-order valence-corrected chi connectivity index (χ4v) is 2.12. The quantitative estimate of drug-likeness (QED) is 0.457. The van der Waals surface area contributed by atoms with Gasteiger partial charge in [0.05, 0.1) is 18.3 Å². The van der Waals surface area contributed by atoms with Crippen LogP contribution >= 0.6 is 0 Å². The maximum Gasteiger partial charge on any atom is 0.312 e. The Bertz CT molecular complexity index is 338. The monoisotopic (exact) mass is 223 g/mol. The van der Waals surface area contributed by atoms with Crippen molar-refractivity contribution in [3.8, 4) is 6.07 Å². The molecule has 0 radical (unpaired) electrons. The van der Waals surface area contributed by atoms with Gasteiger partial charge in [-0.1, -0.05) is 0 Å². The zero-order valence-corrected chi connectivity index (χ0v) is 8.81. The van der Waals surface area contributed by atoms with Gasteiger partial charge in [-0.2, -0.15) is 5.26 Å². The van der Waals surface area contributed by atoms with E-state index >= 15 is 0 Å². The topological polar surface area (TPSA) is 82.4 Å². The number of rotatable bonds is 1. The van der Waals surface area contributed by atoms with Crippen LogP contribution < -0.4 is 5.32 Å². The molecule has 0 aromatic rings. The Morgan fingerprint density at radius 3 is 2.56 bits per heavy atom. The van der Waals surface area contributed by atoms with Crippen LogP contribution in [-0.2, 0) is 14.3 Å². The molecule has 0 spiro atoms. The molecular weight excluding hydrogens is 210 g/mol. The number of likely N-dealkylation sites (tertiary alicyclic amines) is 1. The molecule has 2 aliphatic heterocycles. The predicted molar refractivity (Wildman–Crippen MR) is 53.1 cm³/mol. The van der Waals surface area contributed by atoms with Gasteiger partial charge in [0, 0.05) is 13.1 Å². The Labute approximate surface area is 93.2 Å².